The molecule has 0 aliphatic carbocycles. The van der Waals surface area contributed by atoms with Crippen LogP contribution in [0.1, 0.15) is 48.5 Å². The minimum absolute atomic E-state index is 0.453. The molecule has 1 atom stereocenters. The molecule has 1 unspecified atom stereocenters. The van der Waals surface area contributed by atoms with Crippen LogP contribution in [0, 0.1) is 6.92 Å². The first kappa shape index (κ1) is 17.1. The van der Waals surface area contributed by atoms with Crippen LogP contribution in [0.2, 0.25) is 0 Å². The lowest BCUT2D eigenvalue weighted by molar-refractivity contribution is 0.199. The van der Waals surface area contributed by atoms with Gasteiger partial charge in [0.25, 0.3) is 0 Å². The molecule has 3 nitrogen and oxygen atoms in total. The van der Waals surface area contributed by atoms with Gasteiger partial charge in [-0.2, -0.15) is 0 Å². The number of benzene rings is 1. The van der Waals surface area contributed by atoms with Crippen molar-refractivity contribution in [2.75, 3.05) is 19.6 Å². The lowest BCUT2D eigenvalue weighted by atomic mass is 10.0. The van der Waals surface area contributed by atoms with Gasteiger partial charge < -0.3 is 5.32 Å². The van der Waals surface area contributed by atoms with Crippen LogP contribution in [-0.4, -0.2) is 29.5 Å². The first-order chi connectivity index (χ1) is 11.8. The molecule has 1 aliphatic heterocycles. The predicted molar refractivity (Wildman–Crippen MR) is 99.9 cm³/mol. The van der Waals surface area contributed by atoms with Crippen molar-refractivity contribution in [2.24, 2.45) is 0 Å². The average Bonchev–Trinajstić information content (AvgIpc) is 2.90. The highest BCUT2D eigenvalue weighted by Crippen LogP contribution is 2.23. The van der Waals surface area contributed by atoms with E-state index >= 15 is 0 Å². The van der Waals surface area contributed by atoms with Crippen LogP contribution in [0.15, 0.2) is 48.7 Å². The summed E-state index contributed by atoms with van der Waals surface area (Å²) in [5, 5.41) is 3.63. The zero-order valence-electron chi connectivity index (χ0n) is 14.7. The van der Waals surface area contributed by atoms with E-state index in [1.807, 2.05) is 6.20 Å². The van der Waals surface area contributed by atoms with Gasteiger partial charge in [-0.3, -0.25) is 9.88 Å². The Morgan fingerprint density at radius 1 is 1.00 bits per heavy atom. The van der Waals surface area contributed by atoms with Gasteiger partial charge in [0.15, 0.2) is 0 Å². The maximum atomic E-state index is 4.50. The molecule has 1 aromatic carbocycles. The second-order valence-corrected chi connectivity index (χ2v) is 6.83. The third-order valence-electron chi connectivity index (χ3n) is 4.88. The monoisotopic (exact) mass is 323 g/mol. The van der Waals surface area contributed by atoms with Crippen LogP contribution >= 0.6 is 0 Å². The van der Waals surface area contributed by atoms with E-state index in [-0.39, 0.29) is 0 Å². The maximum absolute atomic E-state index is 4.50. The first-order valence-electron chi connectivity index (χ1n) is 9.24. The second kappa shape index (κ2) is 8.95. The number of pyridine rings is 1. The highest BCUT2D eigenvalue weighted by Gasteiger charge is 2.21. The number of aryl methyl sites for hydroxylation is 1. The molecule has 0 radical (unpaired) electrons. The van der Waals surface area contributed by atoms with E-state index in [4.69, 9.17) is 0 Å². The van der Waals surface area contributed by atoms with Crippen LogP contribution in [0.25, 0.3) is 0 Å². The molecule has 128 valence electrons. The fraction of sp³-hybridized carbons (Fsp3) is 0.476. The molecule has 2 aromatic rings. The Morgan fingerprint density at radius 2 is 1.75 bits per heavy atom. The van der Waals surface area contributed by atoms with Gasteiger partial charge in [0, 0.05) is 25.3 Å². The van der Waals surface area contributed by atoms with Crippen LogP contribution in [-0.2, 0) is 6.54 Å². The molecule has 0 bridgehead atoms. The van der Waals surface area contributed by atoms with E-state index in [1.54, 1.807) is 0 Å². The van der Waals surface area contributed by atoms with Gasteiger partial charge in [0.05, 0.1) is 5.69 Å². The van der Waals surface area contributed by atoms with E-state index in [0.717, 1.165) is 18.8 Å². The Hall–Kier alpha value is -1.71. The lowest BCUT2D eigenvalue weighted by Gasteiger charge is -2.31. The summed E-state index contributed by atoms with van der Waals surface area (Å²) in [4.78, 5) is 7.16. The third-order valence-corrected chi connectivity index (χ3v) is 4.88. The summed E-state index contributed by atoms with van der Waals surface area (Å²) in [5.41, 5.74) is 3.75. The molecule has 2 heterocycles. The number of nitrogens with one attached hydrogen (secondary N) is 1. The standard InChI is InChI=1S/C21H29N3/c1-18-11-12-20(23-15-18)16-22-17-21(19-9-5-4-6-10-19)24-13-7-2-3-8-14-24/h4-6,9-12,15,21-22H,2-3,7-8,13-14,16-17H2,1H3. The van der Waals surface area contributed by atoms with E-state index < -0.39 is 0 Å². The summed E-state index contributed by atoms with van der Waals surface area (Å²) in [6.07, 6.45) is 7.34. The molecule has 1 fully saturated rings. The van der Waals surface area contributed by atoms with Gasteiger partial charge in [0.1, 0.15) is 0 Å². The molecule has 1 aromatic heterocycles. The van der Waals surface area contributed by atoms with Gasteiger partial charge >= 0.3 is 0 Å². The van der Waals surface area contributed by atoms with Crippen LogP contribution in [0.5, 0.6) is 0 Å². The number of nitrogens with zero attached hydrogens (tertiary/aromatic N) is 2. The Labute approximate surface area is 146 Å². The highest BCUT2D eigenvalue weighted by molar-refractivity contribution is 5.20. The topological polar surface area (TPSA) is 28.2 Å². The summed E-state index contributed by atoms with van der Waals surface area (Å²) in [6, 6.07) is 15.6. The summed E-state index contributed by atoms with van der Waals surface area (Å²) < 4.78 is 0. The zero-order chi connectivity index (χ0) is 16.6. The van der Waals surface area contributed by atoms with Crippen molar-refractivity contribution in [3.63, 3.8) is 0 Å². The van der Waals surface area contributed by atoms with E-state index in [9.17, 15) is 0 Å². The molecule has 3 rings (SSSR count). The fourth-order valence-corrected chi connectivity index (χ4v) is 3.48. The smallest absolute Gasteiger partial charge is 0.0541 e. The molecular formula is C21H29N3. The first-order valence-corrected chi connectivity index (χ1v) is 9.24. The van der Waals surface area contributed by atoms with Crippen molar-refractivity contribution in [1.82, 2.24) is 15.2 Å². The largest absolute Gasteiger partial charge is 0.309 e. The van der Waals surface area contributed by atoms with Crippen molar-refractivity contribution in [3.8, 4) is 0 Å². The van der Waals surface area contributed by atoms with Crippen molar-refractivity contribution in [2.45, 2.75) is 45.2 Å². The number of rotatable bonds is 6. The van der Waals surface area contributed by atoms with Crippen LogP contribution in [0.3, 0.4) is 0 Å². The summed E-state index contributed by atoms with van der Waals surface area (Å²) in [5.74, 6) is 0. The molecule has 24 heavy (non-hydrogen) atoms. The Kier molecular flexibility index (Phi) is 6.39. The Morgan fingerprint density at radius 3 is 2.42 bits per heavy atom. The van der Waals surface area contributed by atoms with Crippen LogP contribution in [0.4, 0.5) is 0 Å². The summed E-state index contributed by atoms with van der Waals surface area (Å²) >= 11 is 0. The molecule has 1 saturated heterocycles. The number of hydrogen-bond donors (Lipinski definition) is 1. The van der Waals surface area contributed by atoms with E-state index in [2.05, 4.69) is 64.6 Å². The highest BCUT2D eigenvalue weighted by atomic mass is 15.2. The molecule has 0 saturated carbocycles. The van der Waals surface area contributed by atoms with Gasteiger partial charge in [-0.05, 0) is 50.0 Å². The van der Waals surface area contributed by atoms with Gasteiger partial charge in [0.2, 0.25) is 0 Å². The number of aromatic nitrogens is 1. The van der Waals surface area contributed by atoms with Crippen molar-refractivity contribution < 1.29 is 0 Å². The van der Waals surface area contributed by atoms with E-state index in [1.165, 1.54) is 49.9 Å². The lowest BCUT2D eigenvalue weighted by Crippen LogP contribution is -2.36. The maximum Gasteiger partial charge on any atom is 0.0541 e. The summed E-state index contributed by atoms with van der Waals surface area (Å²) in [7, 11) is 0. The van der Waals surface area contributed by atoms with Crippen LogP contribution < -0.4 is 5.32 Å². The van der Waals surface area contributed by atoms with Crippen molar-refractivity contribution in [3.05, 3.63) is 65.5 Å². The zero-order valence-corrected chi connectivity index (χ0v) is 14.7. The number of likely N-dealkylation sites (tertiary alicyclic amines) is 1. The molecule has 0 spiro atoms. The van der Waals surface area contributed by atoms with Crippen molar-refractivity contribution >= 4 is 0 Å². The Balaban J connectivity index is 1.64. The summed E-state index contributed by atoms with van der Waals surface area (Å²) in [6.45, 7) is 6.31. The quantitative estimate of drug-likeness (QED) is 0.867. The predicted octanol–water partition coefficient (Wildman–Crippen LogP) is 4.10. The molecule has 0 amide bonds. The molecule has 1 N–H and O–H groups in total. The SMILES string of the molecule is Cc1ccc(CNCC(c2ccccc2)N2CCCCCC2)nc1. The Bertz CT molecular complexity index is 586. The minimum atomic E-state index is 0.453. The average molecular weight is 323 g/mol. The van der Waals surface area contributed by atoms with Gasteiger partial charge in [-0.1, -0.05) is 49.2 Å². The van der Waals surface area contributed by atoms with Crippen molar-refractivity contribution in [1.29, 1.82) is 0 Å². The number of hydrogen-bond acceptors (Lipinski definition) is 3. The van der Waals surface area contributed by atoms with Gasteiger partial charge in [-0.25, -0.2) is 0 Å². The minimum Gasteiger partial charge on any atom is -0.309 e. The molecule has 1 aliphatic rings. The second-order valence-electron chi connectivity index (χ2n) is 6.83. The van der Waals surface area contributed by atoms with E-state index in [0.29, 0.717) is 6.04 Å². The molecule has 3 heteroatoms. The van der Waals surface area contributed by atoms with Gasteiger partial charge in [-0.15, -0.1) is 0 Å². The molecular weight excluding hydrogens is 294 g/mol. The third kappa shape index (κ3) is 4.89. The normalized spacial score (nSPS) is 17.4. The fourth-order valence-electron chi connectivity index (χ4n) is 3.48.